The Morgan fingerprint density at radius 2 is 1.44 bits per heavy atom. The summed E-state index contributed by atoms with van der Waals surface area (Å²) in [6.07, 6.45) is 0. The number of alkyl halides is 3. The highest BCUT2D eigenvalue weighted by atomic mass is 32.2. The molecule has 0 radical (unpaired) electrons. The van der Waals surface area contributed by atoms with Crippen molar-refractivity contribution in [2.75, 3.05) is 0 Å². The second-order valence-corrected chi connectivity index (χ2v) is 8.68. The lowest BCUT2D eigenvalue weighted by molar-refractivity contribution is -0.0500. The third-order valence-electron chi connectivity index (χ3n) is 3.24. The molecule has 2 rings (SSSR count). The Morgan fingerprint density at radius 3 is 1.92 bits per heavy atom. The van der Waals surface area contributed by atoms with E-state index in [0.29, 0.717) is 5.56 Å². The summed E-state index contributed by atoms with van der Waals surface area (Å²) in [6, 6.07) is 8.39. The molecule has 0 atom stereocenters. The van der Waals surface area contributed by atoms with Gasteiger partial charge in [-0.2, -0.15) is 21.6 Å². The molecule has 10 heteroatoms. The van der Waals surface area contributed by atoms with Crippen LogP contribution in [-0.2, 0) is 20.0 Å². The Morgan fingerprint density at radius 1 is 0.880 bits per heavy atom. The molecule has 0 fully saturated rings. The van der Waals surface area contributed by atoms with Crippen molar-refractivity contribution in [2.45, 2.75) is 29.1 Å². The van der Waals surface area contributed by atoms with E-state index in [1.807, 2.05) is 0 Å². The van der Waals surface area contributed by atoms with Gasteiger partial charge in [-0.05, 0) is 49.7 Å². The molecule has 0 aliphatic carbocycles. The zero-order valence-corrected chi connectivity index (χ0v) is 14.7. The van der Waals surface area contributed by atoms with Crippen LogP contribution in [0, 0.1) is 13.8 Å². The van der Waals surface area contributed by atoms with Gasteiger partial charge in [0.05, 0.1) is 9.79 Å². The number of hydrogen-bond acceptors (Lipinski definition) is 5. The first-order valence-electron chi connectivity index (χ1n) is 6.78. The molecule has 0 saturated heterocycles. The smallest absolute Gasteiger partial charge is 0.376 e. The molecule has 2 aromatic rings. The van der Waals surface area contributed by atoms with Gasteiger partial charge in [-0.15, -0.1) is 0 Å². The molecule has 136 valence electrons. The summed E-state index contributed by atoms with van der Waals surface area (Å²) in [4.78, 5) is -0.147. The van der Waals surface area contributed by atoms with E-state index >= 15 is 0 Å². The molecule has 0 bridgehead atoms. The van der Waals surface area contributed by atoms with Gasteiger partial charge in [0.1, 0.15) is 5.75 Å². The minimum absolute atomic E-state index is 0.0506. The Hall–Kier alpha value is -2.07. The summed E-state index contributed by atoms with van der Waals surface area (Å²) in [5, 5.41) is 0. The first-order chi connectivity index (χ1) is 11.3. The molecule has 0 aliphatic rings. The fourth-order valence-corrected chi connectivity index (χ4v) is 4.01. The van der Waals surface area contributed by atoms with E-state index < -0.39 is 31.2 Å². The Labute approximate surface area is 143 Å². The summed E-state index contributed by atoms with van der Waals surface area (Å²) >= 11 is 0. The van der Waals surface area contributed by atoms with E-state index in [-0.39, 0.29) is 9.79 Å². The van der Waals surface area contributed by atoms with Gasteiger partial charge >= 0.3 is 15.6 Å². The molecule has 5 nitrogen and oxygen atoms in total. The number of sulfone groups is 1. The average molecular weight is 394 g/mol. The fraction of sp³-hybridized carbons (Fsp3) is 0.200. The van der Waals surface area contributed by atoms with Gasteiger partial charge in [-0.1, -0.05) is 17.7 Å². The molecule has 0 unspecified atom stereocenters. The highest BCUT2D eigenvalue weighted by Gasteiger charge is 2.48. The lowest BCUT2D eigenvalue weighted by Crippen LogP contribution is -2.28. The molecule has 0 saturated carbocycles. The lowest BCUT2D eigenvalue weighted by Gasteiger charge is -2.11. The second-order valence-electron chi connectivity index (χ2n) is 5.23. The van der Waals surface area contributed by atoms with Crippen molar-refractivity contribution in [3.8, 4) is 5.75 Å². The van der Waals surface area contributed by atoms with Gasteiger partial charge < -0.3 is 4.18 Å². The van der Waals surface area contributed by atoms with Crippen molar-refractivity contribution in [1.29, 1.82) is 0 Å². The Bertz CT molecular complexity index is 992. The van der Waals surface area contributed by atoms with Gasteiger partial charge in [0, 0.05) is 0 Å². The molecule has 2 aromatic carbocycles. The third-order valence-corrected chi connectivity index (χ3v) is 6.15. The topological polar surface area (TPSA) is 77.5 Å². The van der Waals surface area contributed by atoms with Crippen LogP contribution in [0.3, 0.4) is 0 Å². The quantitative estimate of drug-likeness (QED) is 0.587. The van der Waals surface area contributed by atoms with Gasteiger partial charge in [-0.3, -0.25) is 0 Å². The largest absolute Gasteiger partial charge is 0.534 e. The van der Waals surface area contributed by atoms with Crippen LogP contribution in [0.1, 0.15) is 11.1 Å². The van der Waals surface area contributed by atoms with Crippen molar-refractivity contribution in [3.05, 3.63) is 53.6 Å². The van der Waals surface area contributed by atoms with Crippen LogP contribution >= 0.6 is 0 Å². The maximum Gasteiger partial charge on any atom is 0.534 e. The van der Waals surface area contributed by atoms with E-state index in [9.17, 15) is 30.0 Å². The van der Waals surface area contributed by atoms with Crippen molar-refractivity contribution in [2.24, 2.45) is 0 Å². The number of halogens is 3. The SMILES string of the molecule is Cc1ccc(S(=O)(=O)c2ccc(OS(=O)(=O)C(F)(F)F)cc2)c(C)c1. The molecule has 0 spiro atoms. The van der Waals surface area contributed by atoms with Gasteiger partial charge in [0.25, 0.3) is 0 Å². The molecular weight excluding hydrogens is 381 g/mol. The van der Waals surface area contributed by atoms with Crippen LogP contribution in [0.5, 0.6) is 5.75 Å². The van der Waals surface area contributed by atoms with E-state index in [0.717, 1.165) is 29.8 Å². The minimum atomic E-state index is -5.81. The van der Waals surface area contributed by atoms with Crippen LogP contribution < -0.4 is 4.18 Å². The van der Waals surface area contributed by atoms with Gasteiger partial charge in [0.2, 0.25) is 9.84 Å². The van der Waals surface area contributed by atoms with Crippen molar-refractivity contribution >= 4 is 20.0 Å². The van der Waals surface area contributed by atoms with Gasteiger partial charge in [-0.25, -0.2) is 8.42 Å². The number of benzene rings is 2. The molecule has 0 heterocycles. The van der Waals surface area contributed by atoms with E-state index in [1.54, 1.807) is 26.0 Å². The van der Waals surface area contributed by atoms with Crippen LogP contribution in [-0.4, -0.2) is 22.3 Å². The maximum absolute atomic E-state index is 12.6. The summed E-state index contributed by atoms with van der Waals surface area (Å²) in [6.45, 7) is 3.42. The van der Waals surface area contributed by atoms with Gasteiger partial charge in [0.15, 0.2) is 0 Å². The molecule has 0 aromatic heterocycles. The molecular formula is C15H13F3O5S2. The third kappa shape index (κ3) is 3.96. The van der Waals surface area contributed by atoms with Crippen molar-refractivity contribution in [1.82, 2.24) is 0 Å². The molecule has 0 aliphatic heterocycles. The van der Waals surface area contributed by atoms with Crippen LogP contribution in [0.25, 0.3) is 0 Å². The molecule has 25 heavy (non-hydrogen) atoms. The second kappa shape index (κ2) is 6.34. The monoisotopic (exact) mass is 394 g/mol. The number of hydrogen-bond donors (Lipinski definition) is 0. The normalized spacial score (nSPS) is 12.8. The highest BCUT2D eigenvalue weighted by Crippen LogP contribution is 2.29. The summed E-state index contributed by atoms with van der Waals surface area (Å²) in [5.41, 5.74) is -4.19. The van der Waals surface area contributed by atoms with Crippen molar-refractivity contribution < 1.29 is 34.2 Å². The fourth-order valence-electron chi connectivity index (χ4n) is 2.08. The Kier molecular flexibility index (Phi) is 4.88. The van der Waals surface area contributed by atoms with E-state index in [1.165, 1.54) is 6.07 Å². The van der Waals surface area contributed by atoms with E-state index in [4.69, 9.17) is 0 Å². The van der Waals surface area contributed by atoms with Crippen LogP contribution in [0.4, 0.5) is 13.2 Å². The molecule has 0 N–H and O–H groups in total. The predicted octanol–water partition coefficient (Wildman–Crippen LogP) is 3.36. The lowest BCUT2D eigenvalue weighted by atomic mass is 10.2. The average Bonchev–Trinajstić information content (AvgIpc) is 2.45. The zero-order valence-electron chi connectivity index (χ0n) is 13.0. The standard InChI is InChI=1S/C15H13F3O5S2/c1-10-3-8-14(11(2)9-10)24(19,20)13-6-4-12(5-7-13)23-25(21,22)15(16,17)18/h3-9H,1-2H3. The first-order valence-corrected chi connectivity index (χ1v) is 9.67. The zero-order chi connectivity index (χ0) is 19.0. The highest BCUT2D eigenvalue weighted by molar-refractivity contribution is 7.91. The molecule has 0 amide bonds. The van der Waals surface area contributed by atoms with E-state index in [2.05, 4.69) is 4.18 Å². The number of rotatable bonds is 4. The number of aryl methyl sites for hydroxylation is 2. The summed E-state index contributed by atoms with van der Waals surface area (Å²) in [7, 11) is -9.71. The van der Waals surface area contributed by atoms with Crippen LogP contribution in [0.2, 0.25) is 0 Å². The van der Waals surface area contributed by atoms with Crippen molar-refractivity contribution in [3.63, 3.8) is 0 Å². The summed E-state index contributed by atoms with van der Waals surface area (Å²) in [5.74, 6) is -0.642. The maximum atomic E-state index is 12.6. The minimum Gasteiger partial charge on any atom is -0.376 e. The van der Waals surface area contributed by atoms with Crippen LogP contribution in [0.15, 0.2) is 52.3 Å². The predicted molar refractivity (Wildman–Crippen MR) is 83.4 cm³/mol. The first kappa shape index (κ1) is 19.3. The Balaban J connectivity index is 2.37. The summed E-state index contributed by atoms with van der Waals surface area (Å²) < 4.78 is 87.8.